The maximum atomic E-state index is 12.8. The van der Waals surface area contributed by atoms with E-state index in [-0.39, 0.29) is 11.6 Å². The van der Waals surface area contributed by atoms with E-state index >= 15 is 0 Å². The smallest absolute Gasteiger partial charge is 0.273 e. The molecule has 1 rings (SSSR count). The monoisotopic (exact) mass is 269 g/mol. The van der Waals surface area contributed by atoms with Crippen LogP contribution in [0.2, 0.25) is 0 Å². The van der Waals surface area contributed by atoms with Crippen molar-refractivity contribution in [3.05, 3.63) is 17.8 Å². The molecule has 1 amide bonds. The van der Waals surface area contributed by atoms with E-state index in [9.17, 15) is 9.18 Å². The second-order valence-corrected chi connectivity index (χ2v) is 4.33. The molecule has 5 nitrogen and oxygen atoms in total. The minimum Gasteiger partial charge on any atom is -0.476 e. The predicted octanol–water partition coefficient (Wildman–Crippen LogP) is 2.45. The third-order valence-electron chi connectivity index (χ3n) is 2.68. The Kier molecular flexibility index (Phi) is 6.78. The first-order valence-corrected chi connectivity index (χ1v) is 6.60. The second-order valence-electron chi connectivity index (χ2n) is 4.33. The fourth-order valence-electron chi connectivity index (χ4n) is 1.67. The van der Waals surface area contributed by atoms with Crippen molar-refractivity contribution in [2.75, 3.05) is 6.61 Å². The molecule has 0 atom stereocenters. The number of halogens is 1. The van der Waals surface area contributed by atoms with Crippen molar-refractivity contribution in [1.82, 2.24) is 9.97 Å². The number of rotatable bonds is 9. The number of nitrogens with two attached hydrogens (primary N) is 1. The largest absolute Gasteiger partial charge is 0.476 e. The molecule has 0 saturated heterocycles. The molecular formula is C13H20FN3O2. The summed E-state index contributed by atoms with van der Waals surface area (Å²) in [6.07, 6.45) is 7.67. The highest BCUT2D eigenvalue weighted by Gasteiger charge is 2.14. The molecule has 0 unspecified atom stereocenters. The molecule has 1 heterocycles. The zero-order chi connectivity index (χ0) is 14.1. The highest BCUT2D eigenvalue weighted by molar-refractivity contribution is 5.92. The van der Waals surface area contributed by atoms with Gasteiger partial charge in [0.15, 0.2) is 5.69 Å². The SMILES string of the molecule is CCCCCCCCOc1ncc(F)nc1C(N)=O. The summed E-state index contributed by atoms with van der Waals surface area (Å²) in [5.41, 5.74) is 4.82. The van der Waals surface area contributed by atoms with Gasteiger partial charge in [0.05, 0.1) is 12.8 Å². The first kappa shape index (κ1) is 15.3. The highest BCUT2D eigenvalue weighted by Crippen LogP contribution is 2.13. The molecular weight excluding hydrogens is 249 g/mol. The Balaban J connectivity index is 2.35. The number of carbonyl (C=O) groups is 1. The lowest BCUT2D eigenvalue weighted by Crippen LogP contribution is -2.17. The average molecular weight is 269 g/mol. The number of amides is 1. The number of primary amides is 1. The Morgan fingerprint density at radius 3 is 2.68 bits per heavy atom. The summed E-state index contributed by atoms with van der Waals surface area (Å²) in [4.78, 5) is 18.1. The van der Waals surface area contributed by atoms with Crippen LogP contribution in [-0.2, 0) is 0 Å². The van der Waals surface area contributed by atoms with Crippen LogP contribution in [0.1, 0.15) is 55.9 Å². The zero-order valence-corrected chi connectivity index (χ0v) is 11.2. The van der Waals surface area contributed by atoms with E-state index < -0.39 is 11.9 Å². The van der Waals surface area contributed by atoms with Crippen LogP contribution in [0.25, 0.3) is 0 Å². The van der Waals surface area contributed by atoms with E-state index in [0.29, 0.717) is 6.61 Å². The molecule has 0 aliphatic heterocycles. The molecule has 106 valence electrons. The van der Waals surface area contributed by atoms with E-state index in [4.69, 9.17) is 10.5 Å². The van der Waals surface area contributed by atoms with Crippen molar-refractivity contribution in [2.24, 2.45) is 5.73 Å². The van der Waals surface area contributed by atoms with Crippen LogP contribution in [0.4, 0.5) is 4.39 Å². The number of unbranched alkanes of at least 4 members (excludes halogenated alkanes) is 5. The summed E-state index contributed by atoms with van der Waals surface area (Å²) in [5.74, 6) is -1.69. The maximum Gasteiger partial charge on any atom is 0.273 e. The quantitative estimate of drug-likeness (QED) is 0.698. The lowest BCUT2D eigenvalue weighted by atomic mass is 10.1. The summed E-state index contributed by atoms with van der Waals surface area (Å²) in [7, 11) is 0. The highest BCUT2D eigenvalue weighted by atomic mass is 19.1. The van der Waals surface area contributed by atoms with Gasteiger partial charge in [-0.25, -0.2) is 9.97 Å². The van der Waals surface area contributed by atoms with Crippen molar-refractivity contribution in [1.29, 1.82) is 0 Å². The van der Waals surface area contributed by atoms with Gasteiger partial charge in [-0.15, -0.1) is 0 Å². The van der Waals surface area contributed by atoms with Crippen molar-refractivity contribution < 1.29 is 13.9 Å². The van der Waals surface area contributed by atoms with E-state index in [1.807, 2.05) is 0 Å². The Morgan fingerprint density at radius 2 is 2.00 bits per heavy atom. The van der Waals surface area contributed by atoms with E-state index in [1.165, 1.54) is 19.3 Å². The summed E-state index contributed by atoms with van der Waals surface area (Å²) in [5, 5.41) is 0. The van der Waals surface area contributed by atoms with Gasteiger partial charge in [0, 0.05) is 0 Å². The van der Waals surface area contributed by atoms with Crippen LogP contribution in [0.5, 0.6) is 5.88 Å². The number of nitrogens with zero attached hydrogens (tertiary/aromatic N) is 2. The van der Waals surface area contributed by atoms with Gasteiger partial charge in [-0.2, -0.15) is 4.39 Å². The van der Waals surface area contributed by atoms with Crippen LogP contribution in [-0.4, -0.2) is 22.5 Å². The van der Waals surface area contributed by atoms with Crippen molar-refractivity contribution in [2.45, 2.75) is 45.4 Å². The Labute approximate surface area is 112 Å². The number of hydrogen-bond donors (Lipinski definition) is 1. The molecule has 0 saturated carbocycles. The molecule has 0 fully saturated rings. The molecule has 0 radical (unpaired) electrons. The van der Waals surface area contributed by atoms with Gasteiger partial charge >= 0.3 is 0 Å². The first-order chi connectivity index (χ1) is 9.15. The number of carbonyl (C=O) groups excluding carboxylic acids is 1. The van der Waals surface area contributed by atoms with E-state index in [0.717, 1.165) is 25.5 Å². The summed E-state index contributed by atoms with van der Waals surface area (Å²) >= 11 is 0. The minimum atomic E-state index is -0.847. The first-order valence-electron chi connectivity index (χ1n) is 6.60. The van der Waals surface area contributed by atoms with Gasteiger partial charge in [-0.3, -0.25) is 4.79 Å². The van der Waals surface area contributed by atoms with Gasteiger partial charge in [0.1, 0.15) is 0 Å². The molecule has 6 heteroatoms. The summed E-state index contributed by atoms with van der Waals surface area (Å²) < 4.78 is 18.2. The van der Waals surface area contributed by atoms with Crippen LogP contribution in [0.3, 0.4) is 0 Å². The Hall–Kier alpha value is -1.72. The Bertz CT molecular complexity index is 413. The minimum absolute atomic E-state index is 0.00228. The molecule has 0 aromatic carbocycles. The third-order valence-corrected chi connectivity index (χ3v) is 2.68. The van der Waals surface area contributed by atoms with Gasteiger partial charge in [-0.05, 0) is 6.42 Å². The van der Waals surface area contributed by atoms with Gasteiger partial charge in [0.25, 0.3) is 5.91 Å². The third kappa shape index (κ3) is 5.63. The molecule has 0 aliphatic rings. The molecule has 2 N–H and O–H groups in total. The molecule has 0 spiro atoms. The molecule has 19 heavy (non-hydrogen) atoms. The topological polar surface area (TPSA) is 78.1 Å². The van der Waals surface area contributed by atoms with Crippen LogP contribution in [0, 0.1) is 5.95 Å². The molecule has 0 aliphatic carbocycles. The fourth-order valence-corrected chi connectivity index (χ4v) is 1.67. The predicted molar refractivity (Wildman–Crippen MR) is 69.4 cm³/mol. The zero-order valence-electron chi connectivity index (χ0n) is 11.2. The van der Waals surface area contributed by atoms with Crippen molar-refractivity contribution in [3.8, 4) is 5.88 Å². The summed E-state index contributed by atoms with van der Waals surface area (Å²) in [6, 6.07) is 0. The normalized spacial score (nSPS) is 10.4. The second kappa shape index (κ2) is 8.39. The van der Waals surface area contributed by atoms with Crippen LogP contribution >= 0.6 is 0 Å². The average Bonchev–Trinajstić information content (AvgIpc) is 2.39. The van der Waals surface area contributed by atoms with Gasteiger partial charge in [0.2, 0.25) is 11.8 Å². The Morgan fingerprint density at radius 1 is 1.32 bits per heavy atom. The van der Waals surface area contributed by atoms with E-state index in [1.54, 1.807) is 0 Å². The summed E-state index contributed by atoms with van der Waals surface area (Å²) in [6.45, 7) is 2.59. The van der Waals surface area contributed by atoms with Crippen molar-refractivity contribution in [3.63, 3.8) is 0 Å². The van der Waals surface area contributed by atoms with Crippen LogP contribution in [0.15, 0.2) is 6.20 Å². The lowest BCUT2D eigenvalue weighted by molar-refractivity contribution is 0.0988. The molecule has 1 aromatic heterocycles. The van der Waals surface area contributed by atoms with Gasteiger partial charge in [-0.1, -0.05) is 39.0 Å². The standard InChI is InChI=1S/C13H20FN3O2/c1-2-3-4-5-6-7-8-19-13-11(12(15)18)17-10(14)9-16-13/h9H,2-8H2,1H3,(H2,15,18). The molecule has 1 aromatic rings. The fraction of sp³-hybridized carbons (Fsp3) is 0.615. The maximum absolute atomic E-state index is 12.8. The number of aromatic nitrogens is 2. The molecule has 0 bridgehead atoms. The number of hydrogen-bond acceptors (Lipinski definition) is 4. The van der Waals surface area contributed by atoms with Gasteiger partial charge < -0.3 is 10.5 Å². The number of ether oxygens (including phenoxy) is 1. The van der Waals surface area contributed by atoms with Crippen molar-refractivity contribution >= 4 is 5.91 Å². The van der Waals surface area contributed by atoms with E-state index in [2.05, 4.69) is 16.9 Å². The lowest BCUT2D eigenvalue weighted by Gasteiger charge is -2.07. The van der Waals surface area contributed by atoms with Crippen LogP contribution < -0.4 is 10.5 Å².